The van der Waals surface area contributed by atoms with Crippen LogP contribution in [-0.2, 0) is 11.4 Å². The maximum atomic E-state index is 12.6. The van der Waals surface area contributed by atoms with Gasteiger partial charge in [0.25, 0.3) is 0 Å². The minimum Gasteiger partial charge on any atom is -0.493 e. The fourth-order valence-corrected chi connectivity index (χ4v) is 10.2. The van der Waals surface area contributed by atoms with Crippen LogP contribution < -0.4 is 29.0 Å². The van der Waals surface area contributed by atoms with Gasteiger partial charge in [-0.15, -0.1) is 0 Å². The molecule has 0 radical (unpaired) electrons. The lowest BCUT2D eigenvalue weighted by molar-refractivity contribution is -0.116. The third-order valence-electron chi connectivity index (χ3n) is 15.1. The molecule has 0 aromatic heterocycles. The molecule has 0 aliphatic carbocycles. The average molecular weight is 1100 g/mol. The largest absolute Gasteiger partial charge is 0.493 e. The van der Waals surface area contributed by atoms with Gasteiger partial charge in [-0.3, -0.25) is 4.79 Å². The Balaban J connectivity index is 1.54. The number of amides is 1. The zero-order chi connectivity index (χ0) is 56.8. The van der Waals surface area contributed by atoms with E-state index in [0.29, 0.717) is 39.5 Å². The van der Waals surface area contributed by atoms with Crippen molar-refractivity contribution in [3.63, 3.8) is 0 Å². The van der Waals surface area contributed by atoms with Gasteiger partial charge in [0, 0.05) is 23.2 Å². The molecule has 0 saturated heterocycles. The van der Waals surface area contributed by atoms with Crippen molar-refractivity contribution < 1.29 is 28.5 Å². The predicted molar refractivity (Wildman–Crippen MR) is 343 cm³/mol. The van der Waals surface area contributed by atoms with Crippen molar-refractivity contribution in [1.29, 1.82) is 0 Å². The van der Waals surface area contributed by atoms with E-state index in [1.54, 1.807) is 0 Å². The molecule has 80 heavy (non-hydrogen) atoms. The lowest BCUT2D eigenvalue weighted by Crippen LogP contribution is -2.11. The number of hydrogen-bond acceptors (Lipinski definition) is 6. The number of aryl methyl sites for hydroxylation is 1. The fraction of sp³-hybridized carbons (Fsp3) is 0.603. The van der Waals surface area contributed by atoms with Gasteiger partial charge in [0.05, 0.1) is 26.4 Å². The molecule has 4 aromatic rings. The van der Waals surface area contributed by atoms with Crippen molar-refractivity contribution in [2.24, 2.45) is 0 Å². The molecule has 0 unspecified atom stereocenters. The highest BCUT2D eigenvalue weighted by Crippen LogP contribution is 2.41. The predicted octanol–water partition coefficient (Wildman–Crippen LogP) is 22.3. The molecule has 0 atom stereocenters. The Hall–Kier alpha value is -5.17. The molecule has 4 rings (SSSR count). The number of hydrogen-bond donors (Lipinski definition) is 1. The van der Waals surface area contributed by atoms with Crippen LogP contribution in [0.4, 0.5) is 5.69 Å². The summed E-state index contributed by atoms with van der Waals surface area (Å²) in [6, 6.07) is 26.7. The van der Waals surface area contributed by atoms with E-state index < -0.39 is 0 Å². The molecular weight excluding hydrogens is 987 g/mol. The Kier molecular flexibility index (Phi) is 38.3. The highest BCUT2D eigenvalue weighted by atomic mass is 16.5. The summed E-state index contributed by atoms with van der Waals surface area (Å²) in [7, 11) is 0. The van der Waals surface area contributed by atoms with E-state index in [9.17, 15) is 4.79 Å². The number of rotatable bonds is 50. The van der Waals surface area contributed by atoms with Crippen LogP contribution in [0, 0.1) is 6.92 Å². The lowest BCUT2D eigenvalue weighted by Gasteiger charge is -2.20. The molecule has 4 aromatic carbocycles. The first-order chi connectivity index (χ1) is 39.4. The second-order valence-electron chi connectivity index (χ2n) is 22.5. The average Bonchev–Trinajstić information content (AvgIpc) is 3.47. The number of anilines is 1. The van der Waals surface area contributed by atoms with E-state index in [2.05, 4.69) is 99.8 Å². The van der Waals surface area contributed by atoms with E-state index in [-0.39, 0.29) is 5.91 Å². The van der Waals surface area contributed by atoms with Gasteiger partial charge in [0.2, 0.25) is 11.7 Å². The zero-order valence-electron chi connectivity index (χ0n) is 51.3. The molecule has 0 aliphatic rings. The Morgan fingerprint density at radius 2 is 0.812 bits per heavy atom. The Morgan fingerprint density at radius 3 is 1.27 bits per heavy atom. The number of ether oxygens (including phenoxy) is 5. The third-order valence-corrected chi connectivity index (χ3v) is 15.1. The van der Waals surface area contributed by atoms with E-state index in [1.807, 2.05) is 43.3 Å². The summed E-state index contributed by atoms with van der Waals surface area (Å²) in [6.45, 7) is 13.8. The topological polar surface area (TPSA) is 75.2 Å². The molecule has 0 spiro atoms. The van der Waals surface area contributed by atoms with Crippen LogP contribution >= 0.6 is 0 Å². The number of carbonyl (C=O) groups is 1. The van der Waals surface area contributed by atoms with Gasteiger partial charge < -0.3 is 29.0 Å². The van der Waals surface area contributed by atoms with Crippen LogP contribution in [0.25, 0.3) is 18.2 Å². The molecule has 7 nitrogen and oxygen atoms in total. The number of allylic oxidation sites excluding steroid dienone is 1. The van der Waals surface area contributed by atoms with Crippen LogP contribution in [0.3, 0.4) is 0 Å². The molecule has 0 heterocycles. The van der Waals surface area contributed by atoms with Gasteiger partial charge in [-0.25, -0.2) is 0 Å². The van der Waals surface area contributed by atoms with E-state index in [0.717, 1.165) is 108 Å². The van der Waals surface area contributed by atoms with Crippen LogP contribution in [0.2, 0.25) is 0 Å². The minimum absolute atomic E-state index is 0.0399. The summed E-state index contributed by atoms with van der Waals surface area (Å²) in [5.74, 6) is 3.84. The first kappa shape index (κ1) is 67.3. The highest BCUT2D eigenvalue weighted by molar-refractivity contribution is 5.90. The number of para-hydroxylation sites is 1. The first-order valence-electron chi connectivity index (χ1n) is 32.6. The Labute approximate surface area is 488 Å². The summed E-state index contributed by atoms with van der Waals surface area (Å²) >= 11 is 0. The fourth-order valence-electron chi connectivity index (χ4n) is 10.2. The second kappa shape index (κ2) is 45.4. The number of carbonyl (C=O) groups excluding carboxylic acids is 1. The maximum absolute atomic E-state index is 12.6. The van der Waals surface area contributed by atoms with Crippen LogP contribution in [0.15, 0.2) is 84.9 Å². The van der Waals surface area contributed by atoms with Gasteiger partial charge in [-0.05, 0) is 99.9 Å². The molecule has 1 amide bonds. The summed E-state index contributed by atoms with van der Waals surface area (Å²) in [4.78, 5) is 12.6. The van der Waals surface area contributed by atoms with E-state index in [4.69, 9.17) is 23.7 Å². The monoisotopic (exact) mass is 1100 g/mol. The van der Waals surface area contributed by atoms with E-state index >= 15 is 0 Å². The molecule has 1 N–H and O–H groups in total. The highest BCUT2D eigenvalue weighted by Gasteiger charge is 2.18. The molecular formula is C73H111NO6. The van der Waals surface area contributed by atoms with Crippen LogP contribution in [0.1, 0.15) is 274 Å². The molecule has 0 fully saturated rings. The SMILES string of the molecule is C/C=C/c1cc(OCc2cc(OCCCCCCCCCCCC)c(OCCCCCCCCCCCC)c(OCCCCCCCCCCCC)c2)c(/C=C/c2ccc(C)cc2)cc1OCCCCCC(=O)Nc1ccccc1. The molecule has 0 bridgehead atoms. The van der Waals surface area contributed by atoms with Crippen LogP contribution in [-0.4, -0.2) is 32.3 Å². The van der Waals surface area contributed by atoms with Crippen molar-refractivity contribution in [2.45, 2.75) is 260 Å². The number of nitrogens with one attached hydrogen (secondary N) is 1. The molecule has 0 aliphatic heterocycles. The second-order valence-corrected chi connectivity index (χ2v) is 22.5. The van der Waals surface area contributed by atoms with Gasteiger partial charge in [-0.1, -0.05) is 266 Å². The summed E-state index contributed by atoms with van der Waals surface area (Å²) < 4.78 is 33.7. The lowest BCUT2D eigenvalue weighted by atomic mass is 10.1. The van der Waals surface area contributed by atoms with Crippen molar-refractivity contribution in [2.75, 3.05) is 31.7 Å². The van der Waals surface area contributed by atoms with Crippen molar-refractivity contribution in [3.8, 4) is 28.7 Å². The Morgan fingerprint density at radius 1 is 0.412 bits per heavy atom. The van der Waals surface area contributed by atoms with Gasteiger partial charge in [0.1, 0.15) is 18.1 Å². The molecule has 444 valence electrons. The van der Waals surface area contributed by atoms with Gasteiger partial charge >= 0.3 is 0 Å². The van der Waals surface area contributed by atoms with E-state index in [1.165, 1.54) is 166 Å². The standard InChI is InChI=1S/C73H111NO6/c1-6-10-13-16-19-22-25-28-31-39-54-77-70-57-64(58-71(78-55-40-32-29-26-23-20-17-14-11-7-2)73(70)79-56-41-33-30-27-24-21-18-15-12-8-3)61-80-69-59-65(43-9-4)68(60-66(69)52-51-63-49-47-62(5)48-50-63)76-53-42-35-38-46-72(75)74-67-44-36-34-37-45-67/h9,34,36-37,43-45,47-52,57-60H,6-8,10-33,35,38-42,46,53-56,61H2,1-5H3,(H,74,75)/b43-9+,52-51+. The molecule has 0 saturated carbocycles. The third kappa shape index (κ3) is 31.2. The first-order valence-corrected chi connectivity index (χ1v) is 32.6. The number of unbranched alkanes of at least 4 members (excludes halogenated alkanes) is 29. The van der Waals surface area contributed by atoms with Crippen molar-refractivity contribution in [3.05, 3.63) is 113 Å². The quantitative estimate of drug-likeness (QED) is 0.0351. The van der Waals surface area contributed by atoms with Gasteiger partial charge in [-0.2, -0.15) is 0 Å². The summed E-state index contributed by atoms with van der Waals surface area (Å²) in [5, 5.41) is 3.00. The van der Waals surface area contributed by atoms with Crippen molar-refractivity contribution >= 4 is 29.8 Å². The minimum atomic E-state index is 0.0399. The Bertz CT molecular complexity index is 2170. The zero-order valence-corrected chi connectivity index (χ0v) is 51.3. The number of benzene rings is 4. The van der Waals surface area contributed by atoms with Gasteiger partial charge in [0.15, 0.2) is 11.5 Å². The smallest absolute Gasteiger partial charge is 0.224 e. The normalized spacial score (nSPS) is 11.5. The summed E-state index contributed by atoms with van der Waals surface area (Å²) in [5.41, 5.74) is 6.03. The van der Waals surface area contributed by atoms with Crippen LogP contribution in [0.5, 0.6) is 28.7 Å². The maximum Gasteiger partial charge on any atom is 0.224 e. The van der Waals surface area contributed by atoms with Crippen molar-refractivity contribution in [1.82, 2.24) is 0 Å². The molecule has 7 heteroatoms. The summed E-state index contributed by atoms with van der Waals surface area (Å²) in [6.07, 6.45) is 49.8.